The lowest BCUT2D eigenvalue weighted by molar-refractivity contribution is -0.139. The zero-order valence-corrected chi connectivity index (χ0v) is 18.8. The van der Waals surface area contributed by atoms with Gasteiger partial charge in [0, 0.05) is 6.54 Å². The van der Waals surface area contributed by atoms with Crippen molar-refractivity contribution in [1.82, 2.24) is 20.7 Å². The van der Waals surface area contributed by atoms with Gasteiger partial charge >= 0.3 is 6.03 Å². The predicted molar refractivity (Wildman–Crippen MR) is 121 cm³/mol. The normalized spacial score (nSPS) is 18.1. The third-order valence-electron chi connectivity index (χ3n) is 5.43. The van der Waals surface area contributed by atoms with Crippen LogP contribution in [0, 0.1) is 6.92 Å². The second-order valence-electron chi connectivity index (χ2n) is 8.32. The Morgan fingerprint density at radius 3 is 2.50 bits per heavy atom. The summed E-state index contributed by atoms with van der Waals surface area (Å²) < 4.78 is 5.67. The molecule has 0 aliphatic carbocycles. The maximum atomic E-state index is 12.8. The largest absolute Gasteiger partial charge is 0.492 e. The van der Waals surface area contributed by atoms with Crippen LogP contribution in [-0.4, -0.2) is 60.0 Å². The number of rotatable bonds is 10. The summed E-state index contributed by atoms with van der Waals surface area (Å²) in [5.41, 5.74) is 3.60. The van der Waals surface area contributed by atoms with Gasteiger partial charge in [-0.25, -0.2) is 4.79 Å². The third kappa shape index (κ3) is 6.07. The van der Waals surface area contributed by atoms with E-state index in [9.17, 15) is 14.4 Å². The van der Waals surface area contributed by atoms with E-state index in [0.717, 1.165) is 21.9 Å². The summed E-state index contributed by atoms with van der Waals surface area (Å²) in [6.45, 7) is 4.63. The summed E-state index contributed by atoms with van der Waals surface area (Å²) >= 11 is 0. The smallest absolute Gasteiger partial charge is 0.344 e. The van der Waals surface area contributed by atoms with Crippen molar-refractivity contribution in [2.24, 2.45) is 0 Å². The molecule has 0 saturated carbocycles. The molecule has 4 amide bonds. The average Bonchev–Trinajstić information content (AvgIpc) is 2.98. The number of nitrogens with one attached hydrogen (secondary N) is 2. The first kappa shape index (κ1) is 23.3. The summed E-state index contributed by atoms with van der Waals surface area (Å²) in [7, 11) is 1.77. The molecule has 0 spiro atoms. The molecule has 1 aliphatic rings. The van der Waals surface area contributed by atoms with Gasteiger partial charge in [-0.15, -0.1) is 0 Å². The minimum atomic E-state index is -1.06. The van der Waals surface area contributed by atoms with Gasteiger partial charge < -0.3 is 10.1 Å². The minimum Gasteiger partial charge on any atom is -0.492 e. The van der Waals surface area contributed by atoms with Crippen molar-refractivity contribution in [3.8, 4) is 5.75 Å². The van der Waals surface area contributed by atoms with Gasteiger partial charge in [0.05, 0.1) is 6.54 Å². The van der Waals surface area contributed by atoms with E-state index in [1.165, 1.54) is 0 Å². The van der Waals surface area contributed by atoms with Gasteiger partial charge in [-0.05, 0) is 51.4 Å². The molecule has 1 aliphatic heterocycles. The van der Waals surface area contributed by atoms with Crippen molar-refractivity contribution in [2.45, 2.75) is 32.2 Å². The van der Waals surface area contributed by atoms with Crippen molar-refractivity contribution in [2.75, 3.05) is 26.7 Å². The van der Waals surface area contributed by atoms with E-state index in [-0.39, 0.29) is 6.54 Å². The Balaban J connectivity index is 1.44. The lowest BCUT2D eigenvalue weighted by Crippen LogP contribution is -2.51. The molecule has 3 rings (SSSR count). The van der Waals surface area contributed by atoms with Crippen LogP contribution in [0.4, 0.5) is 4.79 Å². The average molecular weight is 439 g/mol. The highest BCUT2D eigenvalue weighted by molar-refractivity contribution is 6.07. The molecule has 8 heteroatoms. The Morgan fingerprint density at radius 1 is 1.12 bits per heavy atom. The number of hydrazine groups is 1. The molecule has 1 heterocycles. The number of amides is 4. The van der Waals surface area contributed by atoms with Crippen LogP contribution in [0.15, 0.2) is 54.6 Å². The molecule has 0 radical (unpaired) electrons. The summed E-state index contributed by atoms with van der Waals surface area (Å²) in [4.78, 5) is 39.3. The second-order valence-corrected chi connectivity index (χ2v) is 8.32. The number of imide groups is 1. The van der Waals surface area contributed by atoms with Crippen LogP contribution in [0.5, 0.6) is 5.75 Å². The second kappa shape index (κ2) is 10.3. The van der Waals surface area contributed by atoms with Crippen LogP contribution in [-0.2, 0) is 16.0 Å². The highest BCUT2D eigenvalue weighted by Crippen LogP contribution is 2.22. The number of hydrogen-bond donors (Lipinski definition) is 2. The Kier molecular flexibility index (Phi) is 7.48. The number of carbonyl (C=O) groups is 3. The summed E-state index contributed by atoms with van der Waals surface area (Å²) in [6, 6.07) is 16.9. The fourth-order valence-electron chi connectivity index (χ4n) is 3.43. The monoisotopic (exact) mass is 438 g/mol. The molecule has 1 unspecified atom stereocenters. The van der Waals surface area contributed by atoms with E-state index in [1.54, 1.807) is 18.9 Å². The van der Waals surface area contributed by atoms with Gasteiger partial charge in [0.25, 0.3) is 11.8 Å². The number of hydrogen-bond acceptors (Lipinski definition) is 5. The number of benzene rings is 2. The van der Waals surface area contributed by atoms with Crippen LogP contribution in [0.3, 0.4) is 0 Å². The molecule has 170 valence electrons. The molecule has 8 nitrogen and oxygen atoms in total. The van der Waals surface area contributed by atoms with Crippen LogP contribution >= 0.6 is 0 Å². The number of ether oxygens (including phenoxy) is 1. The van der Waals surface area contributed by atoms with Crippen LogP contribution in [0.1, 0.15) is 24.5 Å². The zero-order valence-electron chi connectivity index (χ0n) is 18.8. The van der Waals surface area contributed by atoms with Gasteiger partial charge in [-0.2, -0.15) is 5.01 Å². The Labute approximate surface area is 188 Å². The van der Waals surface area contributed by atoms with E-state index in [0.29, 0.717) is 26.0 Å². The maximum Gasteiger partial charge on any atom is 0.344 e. The van der Waals surface area contributed by atoms with Crippen LogP contribution in [0.2, 0.25) is 0 Å². The standard InChI is InChI=1S/C24H30N4O4/c1-18-9-11-20(12-10-18)32-16-15-27(3)17-21(29)26-28-22(30)24(2,25-23(28)31)14-13-19-7-5-4-6-8-19/h4-12H,13-17H2,1-3H3,(H,25,31)(H,26,29). The summed E-state index contributed by atoms with van der Waals surface area (Å²) in [6.07, 6.45) is 1.07. The summed E-state index contributed by atoms with van der Waals surface area (Å²) in [5, 5.41) is 3.49. The quantitative estimate of drug-likeness (QED) is 0.556. The van der Waals surface area contributed by atoms with Gasteiger partial charge in [0.15, 0.2) is 0 Å². The Bertz CT molecular complexity index is 948. The van der Waals surface area contributed by atoms with Crippen molar-refractivity contribution in [3.63, 3.8) is 0 Å². The molecule has 32 heavy (non-hydrogen) atoms. The number of nitrogens with zero attached hydrogens (tertiary/aromatic N) is 2. The number of likely N-dealkylation sites (N-methyl/N-ethyl adjacent to an activating group) is 1. The van der Waals surface area contributed by atoms with E-state index < -0.39 is 23.4 Å². The molecule has 2 aromatic carbocycles. The van der Waals surface area contributed by atoms with Crippen molar-refractivity contribution in [1.29, 1.82) is 0 Å². The molecule has 1 atom stereocenters. The number of carbonyl (C=O) groups excluding carboxylic acids is 3. The number of urea groups is 1. The van der Waals surface area contributed by atoms with Gasteiger partial charge in [0.1, 0.15) is 17.9 Å². The predicted octanol–water partition coefficient (Wildman–Crippen LogP) is 2.28. The molecule has 2 aromatic rings. The highest BCUT2D eigenvalue weighted by Gasteiger charge is 2.48. The molecular weight excluding hydrogens is 408 g/mol. The fourth-order valence-corrected chi connectivity index (χ4v) is 3.43. The molecule has 0 bridgehead atoms. The lowest BCUT2D eigenvalue weighted by Gasteiger charge is -2.22. The molecule has 1 saturated heterocycles. The molecule has 2 N–H and O–H groups in total. The van der Waals surface area contributed by atoms with Gasteiger partial charge in [0.2, 0.25) is 0 Å². The van der Waals surface area contributed by atoms with E-state index in [4.69, 9.17) is 4.74 Å². The van der Waals surface area contributed by atoms with Crippen LogP contribution in [0.25, 0.3) is 0 Å². The zero-order chi connectivity index (χ0) is 23.1. The first-order valence-corrected chi connectivity index (χ1v) is 10.6. The molecule has 0 aromatic heterocycles. The first-order chi connectivity index (χ1) is 15.3. The van der Waals surface area contributed by atoms with E-state index in [1.807, 2.05) is 61.5 Å². The van der Waals surface area contributed by atoms with Gasteiger partial charge in [-0.3, -0.25) is 19.9 Å². The minimum absolute atomic E-state index is 0.0229. The Hall–Kier alpha value is -3.39. The van der Waals surface area contributed by atoms with Crippen molar-refractivity contribution < 1.29 is 19.1 Å². The lowest BCUT2D eigenvalue weighted by atomic mass is 9.93. The highest BCUT2D eigenvalue weighted by atomic mass is 16.5. The fraction of sp³-hybridized carbons (Fsp3) is 0.375. The molecular formula is C24H30N4O4. The first-order valence-electron chi connectivity index (χ1n) is 10.6. The third-order valence-corrected chi connectivity index (χ3v) is 5.43. The maximum absolute atomic E-state index is 12.8. The van der Waals surface area contributed by atoms with E-state index in [2.05, 4.69) is 10.7 Å². The SMILES string of the molecule is Cc1ccc(OCCN(C)CC(=O)NN2C(=O)NC(C)(CCc3ccccc3)C2=O)cc1. The van der Waals surface area contributed by atoms with Crippen molar-refractivity contribution >= 4 is 17.8 Å². The van der Waals surface area contributed by atoms with Crippen molar-refractivity contribution in [3.05, 3.63) is 65.7 Å². The Morgan fingerprint density at radius 2 is 1.81 bits per heavy atom. The van der Waals surface area contributed by atoms with Gasteiger partial charge in [-0.1, -0.05) is 48.0 Å². The van der Waals surface area contributed by atoms with Crippen LogP contribution < -0.4 is 15.5 Å². The number of aryl methyl sites for hydroxylation is 2. The molecule has 1 fully saturated rings. The topological polar surface area (TPSA) is 91.0 Å². The van der Waals surface area contributed by atoms with E-state index >= 15 is 0 Å². The summed E-state index contributed by atoms with van der Waals surface area (Å²) in [5.74, 6) is -0.140.